The van der Waals surface area contributed by atoms with Crippen LogP contribution in [0.15, 0.2) is 84.5 Å². The average molecular weight is 573 g/mol. The average Bonchev–Trinajstić information content (AvgIpc) is 3.36. The van der Waals surface area contributed by atoms with E-state index in [0.717, 1.165) is 37.5 Å². The Morgan fingerprint density at radius 3 is 2.47 bits per heavy atom. The number of rotatable bonds is 8. The lowest BCUT2D eigenvalue weighted by molar-refractivity contribution is 0.210. The van der Waals surface area contributed by atoms with Crippen molar-refractivity contribution < 1.29 is 0 Å². The molecule has 0 heterocycles. The van der Waals surface area contributed by atoms with Gasteiger partial charge in [-0.15, -0.1) is 0 Å². The van der Waals surface area contributed by atoms with E-state index in [1.807, 2.05) is 0 Å². The Bertz CT molecular complexity index is 1460. The minimum Gasteiger partial charge on any atom is -0.0996 e. The first-order valence-corrected chi connectivity index (χ1v) is 17.0. The largest absolute Gasteiger partial charge is 0.0996 e. The molecule has 2 aromatic carbocycles. The van der Waals surface area contributed by atoms with Crippen molar-refractivity contribution in [3.05, 3.63) is 112 Å². The molecule has 0 heteroatoms. The third kappa shape index (κ3) is 6.95. The van der Waals surface area contributed by atoms with Gasteiger partial charge in [0.05, 0.1) is 0 Å². The molecule has 3 unspecified atom stereocenters. The molecule has 0 radical (unpaired) electrons. The number of hydrogen-bond acceptors (Lipinski definition) is 0. The van der Waals surface area contributed by atoms with E-state index >= 15 is 0 Å². The number of aryl methyl sites for hydroxylation is 2. The van der Waals surface area contributed by atoms with Crippen molar-refractivity contribution >= 4 is 6.08 Å². The third-order valence-electron chi connectivity index (χ3n) is 10.9. The molecule has 0 bridgehead atoms. The zero-order valence-electron chi connectivity index (χ0n) is 28.3. The smallest absolute Gasteiger partial charge is 0.00827 e. The Balaban J connectivity index is 1.38. The van der Waals surface area contributed by atoms with Crippen LogP contribution in [0.4, 0.5) is 0 Å². The molecule has 0 N–H and O–H groups in total. The van der Waals surface area contributed by atoms with Crippen molar-refractivity contribution in [1.29, 1.82) is 0 Å². The van der Waals surface area contributed by atoms with Gasteiger partial charge in [0.1, 0.15) is 0 Å². The molecule has 228 valence electrons. The highest BCUT2D eigenvalue weighted by atomic mass is 14.4. The normalized spacial score (nSPS) is 25.6. The van der Waals surface area contributed by atoms with E-state index in [9.17, 15) is 0 Å². The highest BCUT2D eigenvalue weighted by Gasteiger charge is 2.32. The van der Waals surface area contributed by atoms with Crippen molar-refractivity contribution in [2.24, 2.45) is 35.0 Å². The van der Waals surface area contributed by atoms with Crippen LogP contribution in [0, 0.1) is 48.9 Å². The lowest BCUT2D eigenvalue weighted by Gasteiger charge is -2.36. The number of fused-ring (bicyclic) bond motifs is 1. The Morgan fingerprint density at radius 1 is 1.00 bits per heavy atom. The Morgan fingerprint density at radius 2 is 1.77 bits per heavy atom. The van der Waals surface area contributed by atoms with Crippen LogP contribution in [0.5, 0.6) is 0 Å². The topological polar surface area (TPSA) is 0 Å². The molecule has 2 aromatic rings. The maximum Gasteiger partial charge on any atom is 0.00827 e. The van der Waals surface area contributed by atoms with Crippen molar-refractivity contribution in [1.82, 2.24) is 0 Å². The lowest BCUT2D eigenvalue weighted by atomic mass is 9.69. The zero-order chi connectivity index (χ0) is 31.1. The first kappa shape index (κ1) is 31.6. The number of benzene rings is 2. The van der Waals surface area contributed by atoms with Crippen molar-refractivity contribution in [2.45, 2.75) is 99.8 Å². The Kier molecular flexibility index (Phi) is 9.27. The standard InChI is InChI=1S/C43H56/c1-11-28(3)34-17-18-35(30(5)21-34)25-40-31(6)19-27(2)20-42(40)38-14-12-13-36-22-33(24-41(36)38)23-39-29(4)15-16-37(32(39)7)26-43(8,9)10/h12-16,19-20,22,30,34-35,37,39H,3-4,7,11,17-18,21,23-26H2,1-2,5-6,8-10H3/t30-,34?,35-,37?,39?/m0/s1. The zero-order valence-corrected chi connectivity index (χ0v) is 28.3. The predicted molar refractivity (Wildman–Crippen MR) is 189 cm³/mol. The summed E-state index contributed by atoms with van der Waals surface area (Å²) in [7, 11) is 0. The predicted octanol–water partition coefficient (Wildman–Crippen LogP) is 12.2. The molecule has 5 atom stereocenters. The highest BCUT2D eigenvalue weighted by molar-refractivity contribution is 5.80. The molecule has 0 amide bonds. The molecule has 0 spiro atoms. The molecule has 0 aliphatic heterocycles. The van der Waals surface area contributed by atoms with Gasteiger partial charge in [0.2, 0.25) is 0 Å². The highest BCUT2D eigenvalue weighted by Crippen LogP contribution is 2.45. The van der Waals surface area contributed by atoms with E-state index in [-0.39, 0.29) is 5.41 Å². The van der Waals surface area contributed by atoms with Crippen LogP contribution in [-0.2, 0) is 12.8 Å². The Labute approximate surface area is 263 Å². The monoisotopic (exact) mass is 572 g/mol. The van der Waals surface area contributed by atoms with E-state index in [2.05, 4.69) is 117 Å². The van der Waals surface area contributed by atoms with Crippen LogP contribution >= 0.6 is 0 Å². The quantitative estimate of drug-likeness (QED) is 0.276. The third-order valence-corrected chi connectivity index (χ3v) is 10.9. The Hall–Kier alpha value is -2.86. The summed E-state index contributed by atoms with van der Waals surface area (Å²) in [5.74, 6) is 2.96. The van der Waals surface area contributed by atoms with E-state index in [1.165, 1.54) is 81.4 Å². The first-order valence-electron chi connectivity index (χ1n) is 17.0. The van der Waals surface area contributed by atoms with Gasteiger partial charge < -0.3 is 0 Å². The van der Waals surface area contributed by atoms with E-state index in [0.29, 0.717) is 17.8 Å². The van der Waals surface area contributed by atoms with Crippen LogP contribution in [0.3, 0.4) is 0 Å². The summed E-state index contributed by atoms with van der Waals surface area (Å²) in [6.07, 6.45) is 16.5. The van der Waals surface area contributed by atoms with Gasteiger partial charge in [-0.2, -0.15) is 0 Å². The summed E-state index contributed by atoms with van der Waals surface area (Å²) < 4.78 is 0. The van der Waals surface area contributed by atoms with Gasteiger partial charge in [-0.1, -0.05) is 125 Å². The van der Waals surface area contributed by atoms with E-state index < -0.39 is 0 Å². The first-order chi connectivity index (χ1) is 20.3. The van der Waals surface area contributed by atoms with Gasteiger partial charge in [0.15, 0.2) is 0 Å². The summed E-state index contributed by atoms with van der Waals surface area (Å²) in [5.41, 5.74) is 16.0. The number of hydrogen-bond donors (Lipinski definition) is 0. The maximum absolute atomic E-state index is 4.64. The maximum atomic E-state index is 4.64. The van der Waals surface area contributed by atoms with Crippen LogP contribution in [-0.4, -0.2) is 0 Å². The van der Waals surface area contributed by atoms with Gasteiger partial charge in [0.25, 0.3) is 0 Å². The molecule has 1 saturated carbocycles. The molecule has 5 rings (SSSR count). The second-order valence-corrected chi connectivity index (χ2v) is 15.6. The van der Waals surface area contributed by atoms with Gasteiger partial charge in [0, 0.05) is 5.92 Å². The number of allylic oxidation sites excluding steroid dienone is 6. The van der Waals surface area contributed by atoms with Crippen molar-refractivity contribution in [3.8, 4) is 11.1 Å². The molecule has 0 nitrogen and oxygen atoms in total. The summed E-state index contributed by atoms with van der Waals surface area (Å²) in [5, 5.41) is 0. The lowest BCUT2D eigenvalue weighted by Crippen LogP contribution is -2.25. The summed E-state index contributed by atoms with van der Waals surface area (Å²) in [6.45, 7) is 29.9. The van der Waals surface area contributed by atoms with Gasteiger partial charge in [-0.25, -0.2) is 0 Å². The summed E-state index contributed by atoms with van der Waals surface area (Å²) in [4.78, 5) is 0. The minimum atomic E-state index is 0.282. The van der Waals surface area contributed by atoms with Gasteiger partial charge in [-0.3, -0.25) is 0 Å². The summed E-state index contributed by atoms with van der Waals surface area (Å²) >= 11 is 0. The fourth-order valence-electron chi connectivity index (χ4n) is 8.37. The van der Waals surface area contributed by atoms with Gasteiger partial charge >= 0.3 is 0 Å². The fraction of sp³-hybridized carbons (Fsp3) is 0.488. The van der Waals surface area contributed by atoms with Crippen molar-refractivity contribution in [2.75, 3.05) is 0 Å². The molecule has 3 aliphatic carbocycles. The second-order valence-electron chi connectivity index (χ2n) is 15.6. The van der Waals surface area contributed by atoms with Crippen LogP contribution in [0.2, 0.25) is 0 Å². The molecular formula is C43H56. The summed E-state index contributed by atoms with van der Waals surface area (Å²) in [6, 6.07) is 11.9. The van der Waals surface area contributed by atoms with Crippen molar-refractivity contribution in [3.63, 3.8) is 0 Å². The molecule has 43 heavy (non-hydrogen) atoms. The van der Waals surface area contributed by atoms with Crippen LogP contribution in [0.1, 0.15) is 101 Å². The second kappa shape index (κ2) is 12.6. The molecule has 1 fully saturated rings. The molecular weight excluding hydrogens is 516 g/mol. The molecule has 0 saturated heterocycles. The van der Waals surface area contributed by atoms with Gasteiger partial charge in [-0.05, 0) is 133 Å². The molecule has 3 aliphatic rings. The minimum absolute atomic E-state index is 0.282. The van der Waals surface area contributed by atoms with Crippen LogP contribution < -0.4 is 0 Å². The molecule has 0 aromatic heterocycles. The van der Waals surface area contributed by atoms with E-state index in [1.54, 1.807) is 5.56 Å². The fourth-order valence-corrected chi connectivity index (χ4v) is 8.37. The SMILES string of the molecule is C=C(CC)C1CC[C@@H](Cc2c(C)cc(C)cc2-c2cccc3c2CC(CC2C(=C)C=CC(CC(C)(C)C)C2=C)=C3)[C@@H](C)C1. The van der Waals surface area contributed by atoms with Crippen LogP contribution in [0.25, 0.3) is 17.2 Å². The van der Waals surface area contributed by atoms with E-state index in [4.69, 9.17) is 0 Å².